The Morgan fingerprint density at radius 3 is 3.28 bits per heavy atom. The van der Waals surface area contributed by atoms with Gasteiger partial charge in [-0.1, -0.05) is 6.07 Å². The number of rotatable bonds is 3. The smallest absolute Gasteiger partial charge is 0.104 e. The average molecular weight is 245 g/mol. The van der Waals surface area contributed by atoms with E-state index in [-0.39, 0.29) is 0 Å². The van der Waals surface area contributed by atoms with Gasteiger partial charge in [0.1, 0.15) is 5.82 Å². The number of aryl methyl sites for hydroxylation is 1. The van der Waals surface area contributed by atoms with Gasteiger partial charge in [0.2, 0.25) is 0 Å². The van der Waals surface area contributed by atoms with Gasteiger partial charge in [-0.3, -0.25) is 0 Å². The molecule has 4 nitrogen and oxygen atoms in total. The number of H-pyrrole nitrogens is 1. The minimum Gasteiger partial charge on any atom is -0.380 e. The molecule has 0 saturated carbocycles. The maximum atomic E-state index is 5.47. The molecular formula is C14H19N3O. The number of hydrogen-bond donors (Lipinski definition) is 2. The van der Waals surface area contributed by atoms with Gasteiger partial charge in [-0.15, -0.1) is 0 Å². The van der Waals surface area contributed by atoms with E-state index in [9.17, 15) is 0 Å². The van der Waals surface area contributed by atoms with Crippen molar-refractivity contribution in [3.05, 3.63) is 29.6 Å². The topological polar surface area (TPSA) is 49.9 Å². The standard InChI is InChI=1S/C14H19N3O/c1-10-16-13-5-4-11(7-14(13)17-10)8-15-12-3-2-6-18-9-12/h4-5,7,12,15H,2-3,6,8-9H2,1H3,(H,16,17)/t12-/m0/s1. The summed E-state index contributed by atoms with van der Waals surface area (Å²) in [6.07, 6.45) is 2.38. The predicted molar refractivity (Wildman–Crippen MR) is 71.5 cm³/mol. The lowest BCUT2D eigenvalue weighted by atomic mass is 10.1. The average Bonchev–Trinajstić information content (AvgIpc) is 2.77. The summed E-state index contributed by atoms with van der Waals surface area (Å²) in [5.41, 5.74) is 3.45. The number of ether oxygens (including phenoxy) is 1. The molecule has 3 rings (SSSR count). The molecular weight excluding hydrogens is 226 g/mol. The zero-order valence-corrected chi connectivity index (χ0v) is 10.7. The molecule has 1 aliphatic heterocycles. The highest BCUT2D eigenvalue weighted by Gasteiger charge is 2.12. The van der Waals surface area contributed by atoms with Crippen LogP contribution in [0.5, 0.6) is 0 Å². The molecule has 1 aromatic carbocycles. The van der Waals surface area contributed by atoms with Crippen LogP contribution >= 0.6 is 0 Å². The Hall–Kier alpha value is -1.39. The van der Waals surface area contributed by atoms with Gasteiger partial charge >= 0.3 is 0 Å². The van der Waals surface area contributed by atoms with E-state index < -0.39 is 0 Å². The largest absolute Gasteiger partial charge is 0.380 e. The van der Waals surface area contributed by atoms with Crippen molar-refractivity contribution in [3.8, 4) is 0 Å². The van der Waals surface area contributed by atoms with E-state index in [0.717, 1.165) is 43.0 Å². The second-order valence-electron chi connectivity index (χ2n) is 4.97. The van der Waals surface area contributed by atoms with Crippen LogP contribution in [0.4, 0.5) is 0 Å². The van der Waals surface area contributed by atoms with Crippen LogP contribution in [0.2, 0.25) is 0 Å². The first-order chi connectivity index (χ1) is 8.81. The molecule has 2 N–H and O–H groups in total. The van der Waals surface area contributed by atoms with Gasteiger partial charge in [-0.25, -0.2) is 4.98 Å². The number of benzene rings is 1. The third kappa shape index (κ3) is 2.54. The molecule has 0 aliphatic carbocycles. The van der Waals surface area contributed by atoms with E-state index in [1.165, 1.54) is 12.0 Å². The molecule has 0 spiro atoms. The quantitative estimate of drug-likeness (QED) is 0.871. The summed E-state index contributed by atoms with van der Waals surface area (Å²) in [5.74, 6) is 0.968. The van der Waals surface area contributed by atoms with E-state index in [1.54, 1.807) is 0 Å². The second-order valence-corrected chi connectivity index (χ2v) is 4.97. The fourth-order valence-corrected chi connectivity index (χ4v) is 2.46. The van der Waals surface area contributed by atoms with E-state index in [2.05, 4.69) is 33.5 Å². The van der Waals surface area contributed by atoms with Gasteiger partial charge in [0.25, 0.3) is 0 Å². The Morgan fingerprint density at radius 1 is 1.50 bits per heavy atom. The van der Waals surface area contributed by atoms with Crippen LogP contribution in [-0.4, -0.2) is 29.2 Å². The molecule has 0 bridgehead atoms. The molecule has 0 radical (unpaired) electrons. The Kier molecular flexibility index (Phi) is 3.30. The van der Waals surface area contributed by atoms with E-state index in [1.807, 2.05) is 6.92 Å². The minimum absolute atomic E-state index is 0.498. The monoisotopic (exact) mass is 245 g/mol. The molecule has 0 unspecified atom stereocenters. The normalized spacial score (nSPS) is 20.4. The molecule has 2 aromatic rings. The van der Waals surface area contributed by atoms with Crippen LogP contribution < -0.4 is 5.32 Å². The molecule has 1 aromatic heterocycles. The number of fused-ring (bicyclic) bond motifs is 1. The van der Waals surface area contributed by atoms with Crippen LogP contribution in [0.3, 0.4) is 0 Å². The van der Waals surface area contributed by atoms with Crippen LogP contribution in [-0.2, 0) is 11.3 Å². The summed E-state index contributed by atoms with van der Waals surface area (Å²) in [5, 5.41) is 3.55. The number of nitrogens with one attached hydrogen (secondary N) is 2. The van der Waals surface area contributed by atoms with Crippen LogP contribution in [0.15, 0.2) is 18.2 Å². The molecule has 1 atom stereocenters. The lowest BCUT2D eigenvalue weighted by molar-refractivity contribution is 0.0699. The number of imidazole rings is 1. The predicted octanol–water partition coefficient (Wildman–Crippen LogP) is 2.14. The van der Waals surface area contributed by atoms with Gasteiger partial charge < -0.3 is 15.0 Å². The zero-order chi connectivity index (χ0) is 12.4. The first-order valence-corrected chi connectivity index (χ1v) is 6.57. The van der Waals surface area contributed by atoms with Gasteiger partial charge in [-0.05, 0) is 37.5 Å². The Morgan fingerprint density at radius 2 is 2.44 bits per heavy atom. The molecule has 96 valence electrons. The SMILES string of the molecule is Cc1nc2ccc(CN[C@H]3CCCOC3)cc2[nH]1. The van der Waals surface area contributed by atoms with Crippen molar-refractivity contribution in [2.45, 2.75) is 32.4 Å². The van der Waals surface area contributed by atoms with Gasteiger partial charge in [0.05, 0.1) is 17.6 Å². The Labute approximate surface area is 107 Å². The maximum Gasteiger partial charge on any atom is 0.104 e. The lowest BCUT2D eigenvalue weighted by Gasteiger charge is -2.23. The molecule has 0 amide bonds. The first kappa shape index (κ1) is 11.7. The number of aromatic nitrogens is 2. The summed E-state index contributed by atoms with van der Waals surface area (Å²) in [6, 6.07) is 6.89. The van der Waals surface area contributed by atoms with E-state index >= 15 is 0 Å². The minimum atomic E-state index is 0.498. The van der Waals surface area contributed by atoms with E-state index in [0.29, 0.717) is 6.04 Å². The highest BCUT2D eigenvalue weighted by molar-refractivity contribution is 5.75. The van der Waals surface area contributed by atoms with Crippen molar-refractivity contribution in [1.29, 1.82) is 0 Å². The Balaban J connectivity index is 1.66. The third-order valence-corrected chi connectivity index (χ3v) is 3.42. The highest BCUT2D eigenvalue weighted by Crippen LogP contribution is 2.14. The summed E-state index contributed by atoms with van der Waals surface area (Å²) in [7, 11) is 0. The maximum absolute atomic E-state index is 5.47. The zero-order valence-electron chi connectivity index (χ0n) is 10.7. The molecule has 1 aliphatic rings. The number of aromatic amines is 1. The van der Waals surface area contributed by atoms with Crippen LogP contribution in [0, 0.1) is 6.92 Å². The molecule has 18 heavy (non-hydrogen) atoms. The second kappa shape index (κ2) is 5.08. The van der Waals surface area contributed by atoms with Crippen molar-refractivity contribution < 1.29 is 4.74 Å². The third-order valence-electron chi connectivity index (χ3n) is 3.42. The van der Waals surface area contributed by atoms with E-state index in [4.69, 9.17) is 4.74 Å². The molecule has 4 heteroatoms. The van der Waals surface area contributed by atoms with Crippen molar-refractivity contribution >= 4 is 11.0 Å². The molecule has 1 fully saturated rings. The van der Waals surface area contributed by atoms with Crippen LogP contribution in [0.25, 0.3) is 11.0 Å². The van der Waals surface area contributed by atoms with Crippen molar-refractivity contribution in [2.75, 3.05) is 13.2 Å². The van der Waals surface area contributed by atoms with Crippen molar-refractivity contribution in [1.82, 2.24) is 15.3 Å². The highest BCUT2D eigenvalue weighted by atomic mass is 16.5. The van der Waals surface area contributed by atoms with Gasteiger partial charge in [-0.2, -0.15) is 0 Å². The lowest BCUT2D eigenvalue weighted by Crippen LogP contribution is -2.36. The van der Waals surface area contributed by atoms with Gasteiger partial charge in [0, 0.05) is 19.2 Å². The van der Waals surface area contributed by atoms with Crippen molar-refractivity contribution in [2.24, 2.45) is 0 Å². The molecule has 2 heterocycles. The summed E-state index contributed by atoms with van der Waals surface area (Å²) < 4.78 is 5.47. The summed E-state index contributed by atoms with van der Waals surface area (Å²) >= 11 is 0. The van der Waals surface area contributed by atoms with Gasteiger partial charge in [0.15, 0.2) is 0 Å². The molecule has 1 saturated heterocycles. The number of hydrogen-bond acceptors (Lipinski definition) is 3. The first-order valence-electron chi connectivity index (χ1n) is 6.57. The van der Waals surface area contributed by atoms with Crippen molar-refractivity contribution in [3.63, 3.8) is 0 Å². The fourth-order valence-electron chi connectivity index (χ4n) is 2.46. The summed E-state index contributed by atoms with van der Waals surface area (Å²) in [6.45, 7) is 4.63. The Bertz CT molecular complexity index is 529. The fraction of sp³-hybridized carbons (Fsp3) is 0.500. The summed E-state index contributed by atoms with van der Waals surface area (Å²) in [4.78, 5) is 7.68. The number of nitrogens with zero attached hydrogens (tertiary/aromatic N) is 1. The van der Waals surface area contributed by atoms with Crippen LogP contribution in [0.1, 0.15) is 24.2 Å².